The van der Waals surface area contributed by atoms with Crippen LogP contribution in [0.1, 0.15) is 23.3 Å². The van der Waals surface area contributed by atoms with Crippen molar-refractivity contribution in [2.75, 3.05) is 14.2 Å². The topological polar surface area (TPSA) is 61.5 Å². The lowest BCUT2D eigenvalue weighted by atomic mass is 10.1. The molecule has 0 aliphatic heterocycles. The van der Waals surface area contributed by atoms with Crippen LogP contribution in [-0.4, -0.2) is 34.0 Å². The van der Waals surface area contributed by atoms with Crippen molar-refractivity contribution in [1.29, 1.82) is 0 Å². The van der Waals surface area contributed by atoms with Gasteiger partial charge < -0.3 is 9.47 Å². The van der Waals surface area contributed by atoms with Crippen molar-refractivity contribution in [3.05, 3.63) is 34.6 Å². The van der Waals surface area contributed by atoms with Crippen molar-refractivity contribution in [3.8, 4) is 11.5 Å². The Hall–Kier alpha value is -2.15. The van der Waals surface area contributed by atoms with Gasteiger partial charge in [-0.05, 0) is 17.7 Å². The lowest BCUT2D eigenvalue weighted by molar-refractivity contribution is 0.354. The number of aromatic nitrogens is 4. The fourth-order valence-corrected chi connectivity index (χ4v) is 3.04. The molecule has 3 rings (SSSR count). The molecule has 2 heterocycles. The zero-order valence-electron chi connectivity index (χ0n) is 12.2. The van der Waals surface area contributed by atoms with E-state index in [9.17, 15) is 0 Å². The normalized spacial score (nSPS) is 11.0. The smallest absolute Gasteiger partial charge is 0.234 e. The second-order valence-corrected chi connectivity index (χ2v) is 5.57. The van der Waals surface area contributed by atoms with Gasteiger partial charge in [0, 0.05) is 12.8 Å². The number of methoxy groups -OCH3 is 2. The van der Waals surface area contributed by atoms with Crippen LogP contribution in [0.4, 0.5) is 0 Å². The van der Waals surface area contributed by atoms with Gasteiger partial charge in [-0.25, -0.2) is 0 Å². The number of rotatable bonds is 5. The largest absolute Gasteiger partial charge is 0.493 e. The second kappa shape index (κ2) is 5.69. The highest BCUT2D eigenvalue weighted by molar-refractivity contribution is 7.16. The van der Waals surface area contributed by atoms with Crippen LogP contribution in [0.5, 0.6) is 11.5 Å². The van der Waals surface area contributed by atoms with Crippen LogP contribution in [0.2, 0.25) is 0 Å². The highest BCUT2D eigenvalue weighted by Crippen LogP contribution is 2.29. The van der Waals surface area contributed by atoms with E-state index in [4.69, 9.17) is 9.47 Å². The van der Waals surface area contributed by atoms with Crippen molar-refractivity contribution in [3.63, 3.8) is 0 Å². The van der Waals surface area contributed by atoms with Gasteiger partial charge in [-0.15, -0.1) is 10.2 Å². The van der Waals surface area contributed by atoms with Gasteiger partial charge in [-0.2, -0.15) is 9.61 Å². The molecule has 0 saturated carbocycles. The third-order valence-corrected chi connectivity index (χ3v) is 4.12. The number of aryl methyl sites for hydroxylation is 1. The molecular formula is C14H16N4O2S. The fourth-order valence-electron chi connectivity index (χ4n) is 2.15. The van der Waals surface area contributed by atoms with E-state index in [1.54, 1.807) is 25.6 Å². The summed E-state index contributed by atoms with van der Waals surface area (Å²) in [6.07, 6.45) is 1.55. The zero-order valence-corrected chi connectivity index (χ0v) is 13.0. The van der Waals surface area contributed by atoms with Gasteiger partial charge in [0.15, 0.2) is 17.3 Å². The molecule has 0 spiro atoms. The van der Waals surface area contributed by atoms with Gasteiger partial charge in [0.05, 0.1) is 14.2 Å². The summed E-state index contributed by atoms with van der Waals surface area (Å²) in [4.78, 5) is 0.835. The Kier molecular flexibility index (Phi) is 3.74. The minimum absolute atomic E-state index is 0.729. The van der Waals surface area contributed by atoms with E-state index in [1.165, 1.54) is 0 Å². The van der Waals surface area contributed by atoms with Crippen LogP contribution in [-0.2, 0) is 12.8 Å². The molecule has 6 nitrogen and oxygen atoms in total. The standard InChI is InChI=1S/C14H16N4O2S/c1-4-12-15-16-14-18(12)17-13(21-14)8-9-5-6-10(19-2)11(7-9)20-3/h5-7H,4,8H2,1-3H3. The number of nitrogens with zero attached hydrogens (tertiary/aromatic N) is 4. The summed E-state index contributed by atoms with van der Waals surface area (Å²) in [5.74, 6) is 2.35. The fraction of sp³-hybridized carbons (Fsp3) is 0.357. The van der Waals surface area contributed by atoms with Gasteiger partial charge >= 0.3 is 0 Å². The van der Waals surface area contributed by atoms with Gasteiger partial charge in [0.25, 0.3) is 0 Å². The molecule has 0 bridgehead atoms. The van der Waals surface area contributed by atoms with E-state index >= 15 is 0 Å². The molecule has 0 saturated heterocycles. The molecule has 1 aromatic carbocycles. The molecule has 21 heavy (non-hydrogen) atoms. The van der Waals surface area contributed by atoms with E-state index in [1.807, 2.05) is 29.6 Å². The first-order valence-corrected chi connectivity index (χ1v) is 7.47. The molecule has 0 amide bonds. The quantitative estimate of drug-likeness (QED) is 0.724. The molecule has 0 radical (unpaired) electrons. The molecule has 3 aromatic rings. The molecule has 7 heteroatoms. The molecular weight excluding hydrogens is 288 g/mol. The Morgan fingerprint density at radius 1 is 1.14 bits per heavy atom. The Bertz CT molecular complexity index is 766. The molecule has 0 atom stereocenters. The van der Waals surface area contributed by atoms with Gasteiger partial charge in [0.2, 0.25) is 4.96 Å². The van der Waals surface area contributed by atoms with Crippen LogP contribution in [0.15, 0.2) is 18.2 Å². The maximum absolute atomic E-state index is 5.33. The summed E-state index contributed by atoms with van der Waals surface area (Å²) < 4.78 is 12.4. The first-order chi connectivity index (χ1) is 10.2. The Labute approximate surface area is 126 Å². The molecule has 0 aliphatic rings. The highest BCUT2D eigenvalue weighted by atomic mass is 32.1. The predicted octanol–water partition coefficient (Wildman–Crippen LogP) is 2.36. The van der Waals surface area contributed by atoms with Crippen LogP contribution in [0, 0.1) is 0 Å². The molecule has 0 N–H and O–H groups in total. The van der Waals surface area contributed by atoms with Crippen molar-refractivity contribution >= 4 is 16.3 Å². The number of hydrogen-bond donors (Lipinski definition) is 0. The van der Waals surface area contributed by atoms with Crippen molar-refractivity contribution in [2.45, 2.75) is 19.8 Å². The Balaban J connectivity index is 1.89. The van der Waals surface area contributed by atoms with Crippen LogP contribution < -0.4 is 9.47 Å². The van der Waals surface area contributed by atoms with Crippen molar-refractivity contribution in [1.82, 2.24) is 19.8 Å². The van der Waals surface area contributed by atoms with Crippen LogP contribution in [0.3, 0.4) is 0 Å². The summed E-state index contributed by atoms with van der Waals surface area (Å²) in [6.45, 7) is 2.05. The molecule has 0 aliphatic carbocycles. The highest BCUT2D eigenvalue weighted by Gasteiger charge is 2.12. The van der Waals surface area contributed by atoms with E-state index in [0.717, 1.165) is 45.7 Å². The van der Waals surface area contributed by atoms with E-state index in [2.05, 4.69) is 15.3 Å². The predicted molar refractivity (Wildman–Crippen MR) is 80.4 cm³/mol. The van der Waals surface area contributed by atoms with Crippen LogP contribution >= 0.6 is 11.3 Å². The van der Waals surface area contributed by atoms with Gasteiger partial charge in [0.1, 0.15) is 5.01 Å². The van der Waals surface area contributed by atoms with Crippen LogP contribution in [0.25, 0.3) is 4.96 Å². The number of fused-ring (bicyclic) bond motifs is 1. The van der Waals surface area contributed by atoms with Gasteiger partial charge in [-0.1, -0.05) is 24.3 Å². The third kappa shape index (κ3) is 2.56. The van der Waals surface area contributed by atoms with E-state index in [0.29, 0.717) is 0 Å². The monoisotopic (exact) mass is 304 g/mol. The summed E-state index contributed by atoms with van der Waals surface area (Å²) in [5, 5.41) is 13.8. The zero-order chi connectivity index (χ0) is 14.8. The molecule has 0 unspecified atom stereocenters. The number of ether oxygens (including phenoxy) is 2. The van der Waals surface area contributed by atoms with Crippen molar-refractivity contribution < 1.29 is 9.47 Å². The Morgan fingerprint density at radius 2 is 1.95 bits per heavy atom. The lowest BCUT2D eigenvalue weighted by Gasteiger charge is -2.08. The first-order valence-electron chi connectivity index (χ1n) is 6.66. The number of hydrogen-bond acceptors (Lipinski definition) is 6. The minimum Gasteiger partial charge on any atom is -0.493 e. The number of benzene rings is 1. The SMILES string of the molecule is CCc1nnc2sc(Cc3ccc(OC)c(OC)c3)nn12. The summed E-state index contributed by atoms with van der Waals surface area (Å²) >= 11 is 1.56. The van der Waals surface area contributed by atoms with Crippen molar-refractivity contribution in [2.24, 2.45) is 0 Å². The van der Waals surface area contributed by atoms with Gasteiger partial charge in [-0.3, -0.25) is 0 Å². The van der Waals surface area contributed by atoms with E-state index < -0.39 is 0 Å². The van der Waals surface area contributed by atoms with E-state index in [-0.39, 0.29) is 0 Å². The maximum atomic E-state index is 5.33. The second-order valence-electron chi connectivity index (χ2n) is 4.53. The first kappa shape index (κ1) is 13.8. The average Bonchev–Trinajstić information content (AvgIpc) is 3.06. The third-order valence-electron chi connectivity index (χ3n) is 3.22. The summed E-state index contributed by atoms with van der Waals surface area (Å²) in [5.41, 5.74) is 1.12. The average molecular weight is 304 g/mol. The lowest BCUT2D eigenvalue weighted by Crippen LogP contribution is -1.96. The summed E-state index contributed by atoms with van der Waals surface area (Å²) in [6, 6.07) is 5.90. The molecule has 2 aromatic heterocycles. The molecule has 110 valence electrons. The Morgan fingerprint density at radius 3 is 2.67 bits per heavy atom. The maximum Gasteiger partial charge on any atom is 0.234 e. The minimum atomic E-state index is 0.729. The molecule has 0 fully saturated rings. The summed E-state index contributed by atoms with van der Waals surface area (Å²) in [7, 11) is 3.27.